The molecule has 0 spiro atoms. The lowest BCUT2D eigenvalue weighted by Gasteiger charge is -2.40. The SMILES string of the molecule is CC(=O)N1c2ccc(-c3ccc(S(=O)(=O)N4CCCN4)cc3)cc2N(C(=O)OC(C)C)CC1C. The summed E-state index contributed by atoms with van der Waals surface area (Å²) >= 11 is 0. The van der Waals surface area contributed by atoms with Gasteiger partial charge in [-0.25, -0.2) is 18.6 Å². The van der Waals surface area contributed by atoms with Gasteiger partial charge in [0.05, 0.1) is 28.4 Å². The van der Waals surface area contributed by atoms with Crippen LogP contribution in [0, 0.1) is 0 Å². The number of carbonyl (C=O) groups excluding carboxylic acids is 2. The number of nitrogens with one attached hydrogen (secondary N) is 1. The van der Waals surface area contributed by atoms with Crippen molar-refractivity contribution in [2.45, 2.75) is 51.2 Å². The first-order chi connectivity index (χ1) is 16.1. The van der Waals surface area contributed by atoms with Gasteiger partial charge in [0.1, 0.15) is 0 Å². The van der Waals surface area contributed by atoms with Crippen molar-refractivity contribution in [3.05, 3.63) is 42.5 Å². The second kappa shape index (κ2) is 9.36. The lowest BCUT2D eigenvalue weighted by molar-refractivity contribution is -0.117. The minimum Gasteiger partial charge on any atom is -0.446 e. The number of ether oxygens (including phenoxy) is 1. The van der Waals surface area contributed by atoms with Gasteiger partial charge in [0.15, 0.2) is 0 Å². The predicted molar refractivity (Wildman–Crippen MR) is 130 cm³/mol. The molecule has 2 aliphatic heterocycles. The number of carbonyl (C=O) groups is 2. The Balaban J connectivity index is 1.70. The molecule has 1 fully saturated rings. The lowest BCUT2D eigenvalue weighted by Crippen LogP contribution is -2.51. The maximum absolute atomic E-state index is 12.8. The van der Waals surface area contributed by atoms with Crippen LogP contribution in [0.2, 0.25) is 0 Å². The molecule has 0 saturated carbocycles. The van der Waals surface area contributed by atoms with Gasteiger partial charge in [-0.05, 0) is 62.6 Å². The van der Waals surface area contributed by atoms with Crippen LogP contribution < -0.4 is 15.2 Å². The summed E-state index contributed by atoms with van der Waals surface area (Å²) in [6.45, 7) is 8.37. The fraction of sp³-hybridized carbons (Fsp3) is 0.417. The van der Waals surface area contributed by atoms with E-state index in [9.17, 15) is 18.0 Å². The van der Waals surface area contributed by atoms with E-state index in [2.05, 4.69) is 5.43 Å². The highest BCUT2D eigenvalue weighted by Gasteiger charge is 2.35. The van der Waals surface area contributed by atoms with E-state index in [0.29, 0.717) is 31.0 Å². The number of nitrogens with zero attached hydrogens (tertiary/aromatic N) is 3. The van der Waals surface area contributed by atoms with E-state index in [-0.39, 0.29) is 22.9 Å². The number of hydrogen-bond donors (Lipinski definition) is 1. The molecule has 4 rings (SSSR count). The molecule has 2 amide bonds. The first-order valence-electron chi connectivity index (χ1n) is 11.4. The topological polar surface area (TPSA) is 99.3 Å². The van der Waals surface area contributed by atoms with Crippen LogP contribution >= 0.6 is 0 Å². The number of anilines is 2. The highest BCUT2D eigenvalue weighted by atomic mass is 32.2. The van der Waals surface area contributed by atoms with Gasteiger partial charge in [-0.15, -0.1) is 4.41 Å². The quantitative estimate of drug-likeness (QED) is 0.712. The number of hydrazine groups is 1. The van der Waals surface area contributed by atoms with E-state index in [1.807, 2.05) is 25.1 Å². The zero-order valence-electron chi connectivity index (χ0n) is 19.8. The third-order valence-corrected chi connectivity index (χ3v) is 7.67. The normalized spacial score (nSPS) is 18.8. The van der Waals surface area contributed by atoms with Gasteiger partial charge in [0, 0.05) is 26.6 Å². The largest absolute Gasteiger partial charge is 0.446 e. The molecule has 1 unspecified atom stereocenters. The average Bonchev–Trinajstić information content (AvgIpc) is 3.33. The molecule has 1 atom stereocenters. The summed E-state index contributed by atoms with van der Waals surface area (Å²) in [5.41, 5.74) is 5.68. The summed E-state index contributed by atoms with van der Waals surface area (Å²) in [7, 11) is -3.60. The molecule has 10 heteroatoms. The van der Waals surface area contributed by atoms with Crippen LogP contribution in [0.1, 0.15) is 34.1 Å². The van der Waals surface area contributed by atoms with Crippen LogP contribution in [-0.4, -0.2) is 56.6 Å². The Morgan fingerprint density at radius 3 is 2.32 bits per heavy atom. The Bertz CT molecular complexity index is 1190. The van der Waals surface area contributed by atoms with E-state index < -0.39 is 16.1 Å². The number of rotatable bonds is 4. The minimum absolute atomic E-state index is 0.108. The van der Waals surface area contributed by atoms with Gasteiger partial charge >= 0.3 is 6.09 Å². The first kappa shape index (κ1) is 24.2. The van der Waals surface area contributed by atoms with Crippen molar-refractivity contribution in [2.24, 2.45) is 0 Å². The van der Waals surface area contributed by atoms with Crippen molar-refractivity contribution in [1.82, 2.24) is 9.84 Å². The number of benzene rings is 2. The van der Waals surface area contributed by atoms with Crippen molar-refractivity contribution in [2.75, 3.05) is 29.4 Å². The first-order valence-corrected chi connectivity index (χ1v) is 12.8. The number of fused-ring (bicyclic) bond motifs is 1. The third-order valence-electron chi connectivity index (χ3n) is 5.91. The smallest absolute Gasteiger partial charge is 0.414 e. The fourth-order valence-corrected chi connectivity index (χ4v) is 5.75. The molecule has 1 N–H and O–H groups in total. The summed E-state index contributed by atoms with van der Waals surface area (Å²) < 4.78 is 32.3. The average molecular weight is 487 g/mol. The predicted octanol–water partition coefficient (Wildman–Crippen LogP) is 3.36. The maximum atomic E-state index is 12.8. The molecule has 1 saturated heterocycles. The van der Waals surface area contributed by atoms with Crippen LogP contribution in [-0.2, 0) is 19.6 Å². The maximum Gasteiger partial charge on any atom is 0.414 e. The Kier molecular flexibility index (Phi) is 6.66. The molecule has 182 valence electrons. The van der Waals surface area contributed by atoms with Crippen molar-refractivity contribution in [3.63, 3.8) is 0 Å². The van der Waals surface area contributed by atoms with E-state index in [4.69, 9.17) is 4.74 Å². The van der Waals surface area contributed by atoms with Crippen molar-refractivity contribution in [1.29, 1.82) is 0 Å². The van der Waals surface area contributed by atoms with Gasteiger partial charge in [-0.2, -0.15) is 0 Å². The highest BCUT2D eigenvalue weighted by Crippen LogP contribution is 2.39. The van der Waals surface area contributed by atoms with E-state index >= 15 is 0 Å². The molecule has 0 aromatic heterocycles. The lowest BCUT2D eigenvalue weighted by atomic mass is 10.0. The minimum atomic E-state index is -3.60. The molecule has 2 aromatic rings. The third kappa shape index (κ3) is 4.53. The van der Waals surface area contributed by atoms with Gasteiger partial charge in [-0.1, -0.05) is 18.2 Å². The summed E-state index contributed by atoms with van der Waals surface area (Å²) in [6.07, 6.45) is 0.0285. The zero-order valence-corrected chi connectivity index (χ0v) is 20.6. The molecule has 2 aromatic carbocycles. The van der Waals surface area contributed by atoms with Gasteiger partial charge in [0.25, 0.3) is 10.0 Å². The molecule has 0 radical (unpaired) electrons. The second-order valence-electron chi connectivity index (χ2n) is 8.85. The number of amides is 2. The Morgan fingerprint density at radius 1 is 1.06 bits per heavy atom. The molecular formula is C24H30N4O5S. The van der Waals surface area contributed by atoms with E-state index in [0.717, 1.165) is 17.5 Å². The summed E-state index contributed by atoms with van der Waals surface area (Å²) in [5.74, 6) is -0.108. The van der Waals surface area contributed by atoms with E-state index in [1.54, 1.807) is 47.9 Å². The number of hydrogen-bond acceptors (Lipinski definition) is 6. The van der Waals surface area contributed by atoms with Crippen molar-refractivity contribution in [3.8, 4) is 11.1 Å². The standard InChI is InChI=1S/C24H30N4O5S/c1-16(2)33-24(30)26-15-17(3)28(18(4)29)22-11-8-20(14-23(22)26)19-6-9-21(10-7-19)34(31,32)27-13-5-12-25-27/h6-11,14,16-17,25H,5,12-13,15H2,1-4H3. The van der Waals surface area contributed by atoms with Crippen LogP contribution in [0.3, 0.4) is 0 Å². The molecule has 2 heterocycles. The van der Waals surface area contributed by atoms with E-state index in [1.165, 1.54) is 11.3 Å². The van der Waals surface area contributed by atoms with Gasteiger partial charge in [-0.3, -0.25) is 9.69 Å². The Labute approximate surface area is 200 Å². The molecule has 9 nitrogen and oxygen atoms in total. The Morgan fingerprint density at radius 2 is 1.74 bits per heavy atom. The van der Waals surface area contributed by atoms with Crippen LogP contribution in [0.5, 0.6) is 0 Å². The monoisotopic (exact) mass is 486 g/mol. The van der Waals surface area contributed by atoms with Crippen LogP contribution in [0.4, 0.5) is 16.2 Å². The molecule has 2 aliphatic rings. The van der Waals surface area contributed by atoms with Gasteiger partial charge in [0.2, 0.25) is 5.91 Å². The van der Waals surface area contributed by atoms with Gasteiger partial charge < -0.3 is 9.64 Å². The van der Waals surface area contributed by atoms with Crippen molar-refractivity contribution >= 4 is 33.4 Å². The summed E-state index contributed by atoms with van der Waals surface area (Å²) in [6, 6.07) is 12.0. The molecule has 34 heavy (non-hydrogen) atoms. The molecule has 0 aliphatic carbocycles. The molecule has 0 bridgehead atoms. The summed E-state index contributed by atoms with van der Waals surface area (Å²) in [5, 5.41) is 0. The Hall–Kier alpha value is -2.95. The zero-order chi connectivity index (χ0) is 24.6. The highest BCUT2D eigenvalue weighted by molar-refractivity contribution is 7.89. The number of sulfonamides is 1. The van der Waals surface area contributed by atoms with Crippen molar-refractivity contribution < 1.29 is 22.7 Å². The summed E-state index contributed by atoms with van der Waals surface area (Å²) in [4.78, 5) is 28.6. The fourth-order valence-electron chi connectivity index (χ4n) is 4.38. The van der Waals surface area contributed by atoms with Crippen LogP contribution in [0.15, 0.2) is 47.4 Å². The van der Waals surface area contributed by atoms with Crippen LogP contribution in [0.25, 0.3) is 11.1 Å². The molecular weight excluding hydrogens is 456 g/mol. The second-order valence-corrected chi connectivity index (χ2v) is 10.7.